The molecular formula is C25H27ClF3N5O4S. The topological polar surface area (TPSA) is 96.8 Å². The van der Waals surface area contributed by atoms with Crippen LogP contribution in [0.25, 0.3) is 11.3 Å². The molecule has 0 aliphatic carbocycles. The van der Waals surface area contributed by atoms with E-state index in [9.17, 15) is 26.4 Å². The molecule has 1 amide bonds. The summed E-state index contributed by atoms with van der Waals surface area (Å²) in [6.07, 6.45) is -1.90. The summed E-state index contributed by atoms with van der Waals surface area (Å²) >= 11 is 6.38. The van der Waals surface area contributed by atoms with Gasteiger partial charge in [-0.15, -0.1) is 0 Å². The minimum Gasteiger partial charge on any atom is -0.492 e. The molecule has 0 saturated carbocycles. The van der Waals surface area contributed by atoms with E-state index in [4.69, 9.17) is 16.3 Å². The molecule has 2 heterocycles. The molecule has 210 valence electrons. The van der Waals surface area contributed by atoms with Crippen LogP contribution in [-0.4, -0.2) is 78.9 Å². The highest BCUT2D eigenvalue weighted by Crippen LogP contribution is 2.37. The van der Waals surface area contributed by atoms with Crippen molar-refractivity contribution in [2.24, 2.45) is 7.05 Å². The fourth-order valence-electron chi connectivity index (χ4n) is 4.24. The molecule has 0 atom stereocenters. The molecule has 2 aromatic carbocycles. The second-order valence-corrected chi connectivity index (χ2v) is 11.5. The van der Waals surface area contributed by atoms with Gasteiger partial charge in [0.2, 0.25) is 10.0 Å². The van der Waals surface area contributed by atoms with E-state index >= 15 is 0 Å². The van der Waals surface area contributed by atoms with E-state index in [2.05, 4.69) is 15.3 Å². The zero-order valence-electron chi connectivity index (χ0n) is 21.2. The van der Waals surface area contributed by atoms with Crippen molar-refractivity contribution in [2.45, 2.75) is 6.18 Å². The van der Waals surface area contributed by atoms with E-state index in [0.717, 1.165) is 12.1 Å². The highest BCUT2D eigenvalue weighted by Gasteiger charge is 2.31. The van der Waals surface area contributed by atoms with E-state index < -0.39 is 27.7 Å². The molecule has 0 spiro atoms. The second kappa shape index (κ2) is 11.5. The molecule has 0 radical (unpaired) electrons. The maximum absolute atomic E-state index is 13.1. The van der Waals surface area contributed by atoms with Crippen molar-refractivity contribution in [2.75, 3.05) is 50.9 Å². The van der Waals surface area contributed by atoms with Gasteiger partial charge in [-0.3, -0.25) is 14.4 Å². The number of halogens is 4. The van der Waals surface area contributed by atoms with Crippen molar-refractivity contribution >= 4 is 33.2 Å². The van der Waals surface area contributed by atoms with Crippen LogP contribution in [0.4, 0.5) is 18.9 Å². The highest BCUT2D eigenvalue weighted by molar-refractivity contribution is 7.88. The fraction of sp³-hybridized carbons (Fsp3) is 0.360. The molecule has 4 rings (SSSR count). The molecule has 0 unspecified atom stereocenters. The van der Waals surface area contributed by atoms with E-state index in [-0.39, 0.29) is 5.56 Å². The summed E-state index contributed by atoms with van der Waals surface area (Å²) in [6.45, 7) is 2.85. The standard InChI is InChI=1S/C25H27ClF3N5O4S/c1-32-23(21(26)16-30-32)20-15-19(31-24(35)17-4-3-5-18(14-17)25(27,28)29)6-7-22(20)38-13-12-33-8-10-34(11-9-33)39(2,36)37/h3-7,14-16H,8-13H2,1-2H3,(H,31,35). The summed E-state index contributed by atoms with van der Waals surface area (Å²) in [7, 11) is -1.52. The van der Waals surface area contributed by atoms with Crippen LogP contribution in [-0.2, 0) is 23.2 Å². The van der Waals surface area contributed by atoms with Crippen LogP contribution < -0.4 is 10.1 Å². The molecule has 3 aromatic rings. The normalized spacial score (nSPS) is 15.3. The summed E-state index contributed by atoms with van der Waals surface area (Å²) in [5.74, 6) is -0.239. The molecule has 39 heavy (non-hydrogen) atoms. The lowest BCUT2D eigenvalue weighted by molar-refractivity contribution is -0.137. The van der Waals surface area contributed by atoms with Gasteiger partial charge in [-0.2, -0.15) is 22.6 Å². The first kappa shape index (κ1) is 28.9. The second-order valence-electron chi connectivity index (χ2n) is 9.06. The molecule has 1 aliphatic rings. The van der Waals surface area contributed by atoms with Gasteiger partial charge in [-0.1, -0.05) is 17.7 Å². The maximum Gasteiger partial charge on any atom is 0.416 e. The Hall–Kier alpha value is -3.13. The number of piperazine rings is 1. The van der Waals surface area contributed by atoms with Crippen LogP contribution in [0.3, 0.4) is 0 Å². The first-order valence-corrected chi connectivity index (χ1v) is 14.2. The lowest BCUT2D eigenvalue weighted by Crippen LogP contribution is -2.49. The number of benzene rings is 2. The number of nitrogens with one attached hydrogen (secondary N) is 1. The average Bonchev–Trinajstić information content (AvgIpc) is 3.21. The van der Waals surface area contributed by atoms with Crippen molar-refractivity contribution in [1.29, 1.82) is 0 Å². The Morgan fingerprint density at radius 1 is 1.13 bits per heavy atom. The van der Waals surface area contributed by atoms with Gasteiger partial charge in [0.15, 0.2) is 0 Å². The van der Waals surface area contributed by atoms with Crippen LogP contribution in [0.15, 0.2) is 48.7 Å². The number of carbonyl (C=O) groups excluding carboxylic acids is 1. The van der Waals surface area contributed by atoms with Gasteiger partial charge < -0.3 is 10.1 Å². The quantitative estimate of drug-likeness (QED) is 0.430. The van der Waals surface area contributed by atoms with Crippen LogP contribution in [0.1, 0.15) is 15.9 Å². The Morgan fingerprint density at radius 2 is 1.85 bits per heavy atom. The predicted molar refractivity (Wildman–Crippen MR) is 141 cm³/mol. The monoisotopic (exact) mass is 585 g/mol. The smallest absolute Gasteiger partial charge is 0.416 e. The predicted octanol–water partition coefficient (Wildman–Crippen LogP) is 3.97. The summed E-state index contributed by atoms with van der Waals surface area (Å²) in [5.41, 5.74) is 0.335. The lowest BCUT2D eigenvalue weighted by Gasteiger charge is -2.33. The SMILES string of the molecule is Cn1ncc(Cl)c1-c1cc(NC(=O)c2cccc(C(F)(F)F)c2)ccc1OCCN1CCN(S(C)(=O)=O)CC1. The Balaban J connectivity index is 1.49. The van der Waals surface area contributed by atoms with E-state index in [1.54, 1.807) is 29.9 Å². The van der Waals surface area contributed by atoms with Crippen molar-refractivity contribution < 1.29 is 31.1 Å². The van der Waals surface area contributed by atoms with Gasteiger partial charge in [0.1, 0.15) is 12.4 Å². The van der Waals surface area contributed by atoms with Gasteiger partial charge in [0.05, 0.1) is 28.7 Å². The number of alkyl halides is 3. The largest absolute Gasteiger partial charge is 0.492 e. The van der Waals surface area contributed by atoms with E-state index in [0.29, 0.717) is 67.0 Å². The molecule has 9 nitrogen and oxygen atoms in total. The average molecular weight is 586 g/mol. The summed E-state index contributed by atoms with van der Waals surface area (Å²) in [6, 6.07) is 9.02. The zero-order chi connectivity index (χ0) is 28.4. The molecule has 1 N–H and O–H groups in total. The van der Waals surface area contributed by atoms with Crippen LogP contribution >= 0.6 is 11.6 Å². The van der Waals surface area contributed by atoms with Gasteiger partial charge in [0, 0.05) is 56.6 Å². The third-order valence-electron chi connectivity index (χ3n) is 6.30. The number of hydrogen-bond acceptors (Lipinski definition) is 6. The molecule has 1 aromatic heterocycles. The number of ether oxygens (including phenoxy) is 1. The minimum atomic E-state index is -4.57. The Labute approximate surface area is 229 Å². The molecular weight excluding hydrogens is 559 g/mol. The highest BCUT2D eigenvalue weighted by atomic mass is 35.5. The first-order chi connectivity index (χ1) is 18.3. The van der Waals surface area contributed by atoms with E-state index in [1.807, 2.05) is 0 Å². The van der Waals surface area contributed by atoms with Crippen LogP contribution in [0.5, 0.6) is 5.75 Å². The first-order valence-electron chi connectivity index (χ1n) is 11.9. The summed E-state index contributed by atoms with van der Waals surface area (Å²) in [4.78, 5) is 14.8. The maximum atomic E-state index is 13.1. The van der Waals surface area contributed by atoms with Gasteiger partial charge in [-0.25, -0.2) is 8.42 Å². The summed E-state index contributed by atoms with van der Waals surface area (Å²) < 4.78 is 71.7. The number of aromatic nitrogens is 2. The number of rotatable bonds is 8. The third kappa shape index (κ3) is 7.10. The molecule has 1 saturated heterocycles. The third-order valence-corrected chi connectivity index (χ3v) is 7.88. The Bertz CT molecular complexity index is 1430. The van der Waals surface area contributed by atoms with Crippen LogP contribution in [0, 0.1) is 0 Å². The number of nitrogens with zero attached hydrogens (tertiary/aromatic N) is 4. The van der Waals surface area contributed by atoms with Crippen molar-refractivity contribution in [3.05, 3.63) is 64.8 Å². The molecule has 1 aliphatic heterocycles. The minimum absolute atomic E-state index is 0.138. The van der Waals surface area contributed by atoms with Gasteiger partial charge in [0.25, 0.3) is 5.91 Å². The molecule has 1 fully saturated rings. The molecule has 0 bridgehead atoms. The number of sulfonamides is 1. The Morgan fingerprint density at radius 3 is 2.46 bits per heavy atom. The zero-order valence-corrected chi connectivity index (χ0v) is 22.8. The number of aryl methyl sites for hydroxylation is 1. The number of hydrogen-bond donors (Lipinski definition) is 1. The fourth-order valence-corrected chi connectivity index (χ4v) is 5.34. The number of carbonyl (C=O) groups is 1. The Kier molecular flexibility index (Phi) is 8.54. The van der Waals surface area contributed by atoms with Crippen molar-refractivity contribution in [1.82, 2.24) is 19.0 Å². The number of amides is 1. The van der Waals surface area contributed by atoms with Crippen molar-refractivity contribution in [3.8, 4) is 17.0 Å². The number of anilines is 1. The van der Waals surface area contributed by atoms with E-state index in [1.165, 1.54) is 28.9 Å². The van der Waals surface area contributed by atoms with Gasteiger partial charge in [-0.05, 0) is 36.4 Å². The lowest BCUT2D eigenvalue weighted by atomic mass is 10.1. The molecule has 14 heteroatoms. The summed E-state index contributed by atoms with van der Waals surface area (Å²) in [5, 5.41) is 7.14. The van der Waals surface area contributed by atoms with Crippen molar-refractivity contribution in [3.63, 3.8) is 0 Å². The van der Waals surface area contributed by atoms with Gasteiger partial charge >= 0.3 is 6.18 Å². The van der Waals surface area contributed by atoms with Crippen LogP contribution in [0.2, 0.25) is 5.02 Å².